The molecule has 2 fully saturated rings. The van der Waals surface area contributed by atoms with E-state index in [1.165, 1.54) is 14.0 Å². The molecule has 5 atom stereocenters. The van der Waals surface area contributed by atoms with Crippen LogP contribution in [0.4, 0.5) is 0 Å². The van der Waals surface area contributed by atoms with Crippen LogP contribution in [0.5, 0.6) is 0 Å². The van der Waals surface area contributed by atoms with Crippen LogP contribution in [0.15, 0.2) is 12.2 Å². The van der Waals surface area contributed by atoms with E-state index >= 15 is 0 Å². The van der Waals surface area contributed by atoms with Gasteiger partial charge in [0.15, 0.2) is 17.9 Å². The van der Waals surface area contributed by atoms with Crippen LogP contribution >= 0.6 is 0 Å². The topological polar surface area (TPSA) is 74.2 Å². The van der Waals surface area contributed by atoms with Crippen LogP contribution in [-0.2, 0) is 23.7 Å². The molecule has 2 aliphatic rings. The number of Topliss-reactive ketones (excluding diaryl/α,β-unsaturated/α-hetero) is 1. The average Bonchev–Trinajstić information content (AvgIpc) is 2.79. The summed E-state index contributed by atoms with van der Waals surface area (Å²) in [5.41, 5.74) is 0.0915. The van der Waals surface area contributed by atoms with E-state index in [2.05, 4.69) is 6.58 Å². The first-order chi connectivity index (χ1) is 8.76. The number of hydrogen-bond donors (Lipinski definition) is 1. The molecule has 6 heteroatoms. The van der Waals surface area contributed by atoms with Crippen molar-refractivity contribution in [3.05, 3.63) is 12.2 Å². The summed E-state index contributed by atoms with van der Waals surface area (Å²) >= 11 is 0. The molecule has 2 saturated heterocycles. The molecule has 2 heterocycles. The number of hydrogen-bond acceptors (Lipinski definition) is 6. The Bertz CT molecular complexity index is 391. The summed E-state index contributed by atoms with van der Waals surface area (Å²) in [7, 11) is 1.49. The first kappa shape index (κ1) is 14.6. The van der Waals surface area contributed by atoms with Crippen LogP contribution in [0, 0.1) is 0 Å². The van der Waals surface area contributed by atoms with E-state index in [1.807, 2.05) is 0 Å². The number of carbonyl (C=O) groups is 1. The van der Waals surface area contributed by atoms with Crippen LogP contribution in [0.3, 0.4) is 0 Å². The Kier molecular flexibility index (Phi) is 3.81. The standard InChI is InChI=1S/C13H20O6/c1-6(7(2)14)8(15)9-10-11(12(16-5)17-9)19-13(3,4)18-10/h8-12,15H,1H2,2-5H3/t8-,9+,10-,11-,12-/m0/s1. The van der Waals surface area contributed by atoms with Crippen LogP contribution in [0.1, 0.15) is 20.8 Å². The summed E-state index contributed by atoms with van der Waals surface area (Å²) in [5, 5.41) is 10.2. The van der Waals surface area contributed by atoms with Gasteiger partial charge < -0.3 is 24.1 Å². The second-order valence-corrected chi connectivity index (χ2v) is 5.30. The summed E-state index contributed by atoms with van der Waals surface area (Å²) in [6, 6.07) is 0. The monoisotopic (exact) mass is 272 g/mol. The van der Waals surface area contributed by atoms with Gasteiger partial charge in [-0.1, -0.05) is 6.58 Å². The van der Waals surface area contributed by atoms with Gasteiger partial charge in [0.25, 0.3) is 0 Å². The highest BCUT2D eigenvalue weighted by Crippen LogP contribution is 2.40. The smallest absolute Gasteiger partial charge is 0.186 e. The molecule has 0 aliphatic carbocycles. The predicted octanol–water partition coefficient (Wildman–Crippen LogP) is 0.384. The van der Waals surface area contributed by atoms with Crippen LogP contribution in [0.2, 0.25) is 0 Å². The number of aliphatic hydroxyl groups excluding tert-OH is 1. The highest BCUT2D eigenvalue weighted by molar-refractivity contribution is 5.93. The van der Waals surface area contributed by atoms with Gasteiger partial charge in [-0.15, -0.1) is 0 Å². The molecule has 0 saturated carbocycles. The second kappa shape index (κ2) is 4.96. The van der Waals surface area contributed by atoms with Crippen molar-refractivity contribution >= 4 is 5.78 Å². The second-order valence-electron chi connectivity index (χ2n) is 5.30. The normalized spacial score (nSPS) is 37.9. The minimum absolute atomic E-state index is 0.0915. The van der Waals surface area contributed by atoms with Gasteiger partial charge in [-0.05, 0) is 20.8 Å². The highest BCUT2D eigenvalue weighted by atomic mass is 16.8. The van der Waals surface area contributed by atoms with Crippen molar-refractivity contribution in [1.29, 1.82) is 0 Å². The first-order valence-corrected chi connectivity index (χ1v) is 6.18. The third kappa shape index (κ3) is 2.59. The van der Waals surface area contributed by atoms with Crippen LogP contribution < -0.4 is 0 Å². The molecule has 0 bridgehead atoms. The lowest BCUT2D eigenvalue weighted by atomic mass is 9.98. The molecule has 19 heavy (non-hydrogen) atoms. The number of methoxy groups -OCH3 is 1. The molecule has 6 nitrogen and oxygen atoms in total. The maximum atomic E-state index is 11.3. The molecule has 2 rings (SSSR count). The molecule has 2 aliphatic heterocycles. The third-order valence-corrected chi connectivity index (χ3v) is 3.40. The molecule has 0 amide bonds. The van der Waals surface area contributed by atoms with Gasteiger partial charge in [-0.25, -0.2) is 0 Å². The minimum atomic E-state index is -1.14. The van der Waals surface area contributed by atoms with Gasteiger partial charge in [-0.3, -0.25) is 4.79 Å². The zero-order valence-electron chi connectivity index (χ0n) is 11.6. The minimum Gasteiger partial charge on any atom is -0.385 e. The SMILES string of the molecule is C=C(C(C)=O)[C@H](O)[C@H]1O[C@H](OC)[C@H]2OC(C)(C)O[C@H]21. The Morgan fingerprint density at radius 2 is 1.95 bits per heavy atom. The van der Waals surface area contributed by atoms with Crippen molar-refractivity contribution in [1.82, 2.24) is 0 Å². The van der Waals surface area contributed by atoms with E-state index in [0.717, 1.165) is 0 Å². The predicted molar refractivity (Wildman–Crippen MR) is 65.3 cm³/mol. The summed E-state index contributed by atoms with van der Waals surface area (Å²) in [5.74, 6) is -1.06. The Morgan fingerprint density at radius 1 is 1.37 bits per heavy atom. The van der Waals surface area contributed by atoms with Crippen molar-refractivity contribution < 1.29 is 28.8 Å². The number of aliphatic hydroxyl groups is 1. The van der Waals surface area contributed by atoms with E-state index in [-0.39, 0.29) is 11.4 Å². The number of fused-ring (bicyclic) bond motifs is 1. The zero-order chi connectivity index (χ0) is 14.4. The third-order valence-electron chi connectivity index (χ3n) is 3.40. The maximum absolute atomic E-state index is 11.3. The molecule has 0 aromatic carbocycles. The summed E-state index contributed by atoms with van der Waals surface area (Å²) in [6.45, 7) is 8.49. The van der Waals surface area contributed by atoms with Crippen molar-refractivity contribution in [2.24, 2.45) is 0 Å². The van der Waals surface area contributed by atoms with Crippen molar-refractivity contribution in [3.8, 4) is 0 Å². The van der Waals surface area contributed by atoms with Gasteiger partial charge >= 0.3 is 0 Å². The fourth-order valence-corrected chi connectivity index (χ4v) is 2.44. The van der Waals surface area contributed by atoms with Gasteiger partial charge in [0.05, 0.1) is 0 Å². The number of ether oxygens (including phenoxy) is 4. The van der Waals surface area contributed by atoms with E-state index in [4.69, 9.17) is 18.9 Å². The first-order valence-electron chi connectivity index (χ1n) is 6.18. The fourth-order valence-electron chi connectivity index (χ4n) is 2.44. The molecular weight excluding hydrogens is 252 g/mol. The average molecular weight is 272 g/mol. The van der Waals surface area contributed by atoms with E-state index < -0.39 is 36.5 Å². The van der Waals surface area contributed by atoms with Crippen LogP contribution in [-0.4, -0.2) is 54.5 Å². The van der Waals surface area contributed by atoms with E-state index in [9.17, 15) is 9.90 Å². The van der Waals surface area contributed by atoms with Crippen LogP contribution in [0.25, 0.3) is 0 Å². The number of ketones is 1. The maximum Gasteiger partial charge on any atom is 0.186 e. The van der Waals surface area contributed by atoms with Gasteiger partial charge in [0.1, 0.15) is 24.4 Å². The molecule has 1 N–H and O–H groups in total. The lowest BCUT2D eigenvalue weighted by molar-refractivity contribution is -0.234. The van der Waals surface area contributed by atoms with Gasteiger partial charge in [-0.2, -0.15) is 0 Å². The largest absolute Gasteiger partial charge is 0.385 e. The lowest BCUT2D eigenvalue weighted by Crippen LogP contribution is -2.40. The quantitative estimate of drug-likeness (QED) is 0.746. The molecule has 108 valence electrons. The molecule has 0 aromatic heterocycles. The number of rotatable bonds is 4. The molecular formula is C13H20O6. The van der Waals surface area contributed by atoms with Gasteiger partial charge in [0.2, 0.25) is 0 Å². The Labute approximate surface area is 112 Å². The Hall–Kier alpha value is -0.790. The molecule has 0 radical (unpaired) electrons. The van der Waals surface area contributed by atoms with Crippen molar-refractivity contribution in [2.45, 2.75) is 57.3 Å². The van der Waals surface area contributed by atoms with Gasteiger partial charge in [0, 0.05) is 12.7 Å². The molecule has 0 spiro atoms. The highest BCUT2D eigenvalue weighted by Gasteiger charge is 2.57. The molecule has 0 unspecified atom stereocenters. The fraction of sp³-hybridized carbons (Fsp3) is 0.769. The van der Waals surface area contributed by atoms with Crippen molar-refractivity contribution in [2.75, 3.05) is 7.11 Å². The Morgan fingerprint density at radius 3 is 2.47 bits per heavy atom. The molecule has 0 aromatic rings. The van der Waals surface area contributed by atoms with E-state index in [0.29, 0.717) is 0 Å². The zero-order valence-corrected chi connectivity index (χ0v) is 11.6. The lowest BCUT2D eigenvalue weighted by Gasteiger charge is -2.26. The van der Waals surface area contributed by atoms with Crippen molar-refractivity contribution in [3.63, 3.8) is 0 Å². The summed E-state index contributed by atoms with van der Waals surface area (Å²) in [4.78, 5) is 11.3. The Balaban J connectivity index is 2.18. The summed E-state index contributed by atoms with van der Waals surface area (Å²) in [6.07, 6.45) is -3.42. The number of carbonyl (C=O) groups excluding carboxylic acids is 1. The summed E-state index contributed by atoms with van der Waals surface area (Å²) < 4.78 is 22.2. The van der Waals surface area contributed by atoms with E-state index in [1.54, 1.807) is 13.8 Å².